The van der Waals surface area contributed by atoms with E-state index in [0.717, 1.165) is 28.4 Å². The van der Waals surface area contributed by atoms with Crippen LogP contribution in [0.25, 0.3) is 5.65 Å². The molecule has 0 fully saturated rings. The highest BCUT2D eigenvalue weighted by molar-refractivity contribution is 5.94. The van der Waals surface area contributed by atoms with Gasteiger partial charge in [0.15, 0.2) is 11.5 Å². The summed E-state index contributed by atoms with van der Waals surface area (Å²) in [6, 6.07) is 11.4. The molecule has 0 radical (unpaired) electrons. The van der Waals surface area contributed by atoms with Crippen molar-refractivity contribution >= 4 is 11.6 Å². The van der Waals surface area contributed by atoms with Crippen LogP contribution in [0, 0.1) is 6.92 Å². The number of aryl methyl sites for hydroxylation is 1. The molecule has 6 heteroatoms. The SMILES string of the molecule is Cc1c(C(=O)N(C)C(C)c2ccc3c(c2)OCCO3)nc2ccccn12. The molecule has 26 heavy (non-hydrogen) atoms. The summed E-state index contributed by atoms with van der Waals surface area (Å²) in [5.74, 6) is 1.37. The van der Waals surface area contributed by atoms with Gasteiger partial charge in [0.1, 0.15) is 24.6 Å². The number of carbonyl (C=O) groups excluding carboxylic acids is 1. The second-order valence-corrected chi connectivity index (χ2v) is 6.47. The van der Waals surface area contributed by atoms with Gasteiger partial charge in [0.05, 0.1) is 11.7 Å². The van der Waals surface area contributed by atoms with Gasteiger partial charge in [-0.1, -0.05) is 12.1 Å². The first-order valence-electron chi connectivity index (χ1n) is 8.66. The van der Waals surface area contributed by atoms with Gasteiger partial charge in [0, 0.05) is 13.2 Å². The molecular weight excluding hydrogens is 330 g/mol. The fraction of sp³-hybridized carbons (Fsp3) is 0.300. The van der Waals surface area contributed by atoms with Crippen LogP contribution < -0.4 is 9.47 Å². The molecule has 134 valence electrons. The highest BCUT2D eigenvalue weighted by Crippen LogP contribution is 2.34. The molecule has 1 unspecified atom stereocenters. The van der Waals surface area contributed by atoms with E-state index in [0.29, 0.717) is 18.9 Å². The third-order valence-electron chi connectivity index (χ3n) is 4.92. The number of aromatic nitrogens is 2. The van der Waals surface area contributed by atoms with E-state index in [9.17, 15) is 4.79 Å². The quantitative estimate of drug-likeness (QED) is 0.727. The molecule has 0 saturated heterocycles. The van der Waals surface area contributed by atoms with E-state index >= 15 is 0 Å². The molecule has 1 atom stereocenters. The number of amides is 1. The predicted octanol–water partition coefficient (Wildman–Crippen LogP) is 3.25. The molecule has 1 aromatic carbocycles. The Kier molecular flexibility index (Phi) is 4.03. The summed E-state index contributed by atoms with van der Waals surface area (Å²) >= 11 is 0. The van der Waals surface area contributed by atoms with Gasteiger partial charge in [-0.3, -0.25) is 4.79 Å². The second-order valence-electron chi connectivity index (χ2n) is 6.47. The zero-order chi connectivity index (χ0) is 18.3. The maximum Gasteiger partial charge on any atom is 0.274 e. The Labute approximate surface area is 152 Å². The van der Waals surface area contributed by atoms with Crippen molar-refractivity contribution in [3.8, 4) is 11.5 Å². The number of nitrogens with zero attached hydrogens (tertiary/aromatic N) is 3. The molecule has 4 rings (SSSR count). The first-order valence-corrected chi connectivity index (χ1v) is 8.66. The van der Waals surface area contributed by atoms with Crippen molar-refractivity contribution in [1.29, 1.82) is 0 Å². The zero-order valence-electron chi connectivity index (χ0n) is 15.1. The molecule has 0 saturated carbocycles. The van der Waals surface area contributed by atoms with Gasteiger partial charge in [-0.2, -0.15) is 0 Å². The highest BCUT2D eigenvalue weighted by Gasteiger charge is 2.25. The Morgan fingerprint density at radius 2 is 1.96 bits per heavy atom. The molecule has 0 bridgehead atoms. The van der Waals surface area contributed by atoms with Crippen LogP contribution >= 0.6 is 0 Å². The fourth-order valence-electron chi connectivity index (χ4n) is 3.21. The molecule has 0 spiro atoms. The van der Waals surface area contributed by atoms with E-state index in [1.807, 2.05) is 60.8 Å². The largest absolute Gasteiger partial charge is 0.486 e. The van der Waals surface area contributed by atoms with E-state index < -0.39 is 0 Å². The summed E-state index contributed by atoms with van der Waals surface area (Å²) in [6.07, 6.45) is 1.92. The molecule has 1 aliphatic heterocycles. The molecule has 3 heterocycles. The summed E-state index contributed by atoms with van der Waals surface area (Å²) in [7, 11) is 1.80. The van der Waals surface area contributed by atoms with Crippen molar-refractivity contribution in [3.63, 3.8) is 0 Å². The lowest BCUT2D eigenvalue weighted by atomic mass is 10.1. The molecule has 0 N–H and O–H groups in total. The Balaban J connectivity index is 1.62. The maximum atomic E-state index is 13.0. The number of benzene rings is 1. The Bertz CT molecular complexity index is 980. The van der Waals surface area contributed by atoms with Gasteiger partial charge in [0.25, 0.3) is 5.91 Å². The van der Waals surface area contributed by atoms with Crippen LogP contribution in [0.2, 0.25) is 0 Å². The number of fused-ring (bicyclic) bond motifs is 2. The summed E-state index contributed by atoms with van der Waals surface area (Å²) in [5, 5.41) is 0. The minimum atomic E-state index is -0.123. The van der Waals surface area contributed by atoms with E-state index in [1.165, 1.54) is 0 Å². The maximum absolute atomic E-state index is 13.0. The molecule has 3 aromatic rings. The van der Waals surface area contributed by atoms with Gasteiger partial charge in [-0.15, -0.1) is 0 Å². The number of hydrogen-bond donors (Lipinski definition) is 0. The number of hydrogen-bond acceptors (Lipinski definition) is 4. The normalized spacial score (nSPS) is 14.3. The highest BCUT2D eigenvalue weighted by atomic mass is 16.6. The molecule has 1 aliphatic rings. The third-order valence-corrected chi connectivity index (χ3v) is 4.92. The van der Waals surface area contributed by atoms with Crippen molar-refractivity contribution < 1.29 is 14.3 Å². The fourth-order valence-corrected chi connectivity index (χ4v) is 3.21. The second kappa shape index (κ2) is 6.37. The van der Waals surface area contributed by atoms with Crippen molar-refractivity contribution in [1.82, 2.24) is 14.3 Å². The van der Waals surface area contributed by atoms with Gasteiger partial charge >= 0.3 is 0 Å². The van der Waals surface area contributed by atoms with Crippen molar-refractivity contribution in [2.45, 2.75) is 19.9 Å². The molecular formula is C20H21N3O3. The number of rotatable bonds is 3. The molecule has 0 aliphatic carbocycles. The van der Waals surface area contributed by atoms with E-state index in [1.54, 1.807) is 11.9 Å². The van der Waals surface area contributed by atoms with E-state index in [2.05, 4.69) is 4.98 Å². The first-order chi connectivity index (χ1) is 12.6. The van der Waals surface area contributed by atoms with Crippen molar-refractivity contribution in [2.75, 3.05) is 20.3 Å². The average molecular weight is 351 g/mol. The lowest BCUT2D eigenvalue weighted by molar-refractivity contribution is 0.0736. The minimum absolute atomic E-state index is 0.103. The lowest BCUT2D eigenvalue weighted by Crippen LogP contribution is -2.30. The van der Waals surface area contributed by atoms with E-state index in [-0.39, 0.29) is 11.9 Å². The van der Waals surface area contributed by atoms with Gasteiger partial charge < -0.3 is 18.8 Å². The van der Waals surface area contributed by atoms with E-state index in [4.69, 9.17) is 9.47 Å². The average Bonchev–Trinajstić information content (AvgIpc) is 3.02. The van der Waals surface area contributed by atoms with Crippen LogP contribution in [0.4, 0.5) is 0 Å². The summed E-state index contributed by atoms with van der Waals surface area (Å²) in [4.78, 5) is 19.2. The van der Waals surface area contributed by atoms with Crippen LogP contribution in [0.3, 0.4) is 0 Å². The number of carbonyl (C=O) groups is 1. The summed E-state index contributed by atoms with van der Waals surface area (Å²) in [6.45, 7) is 5.01. The third kappa shape index (κ3) is 2.67. The Hall–Kier alpha value is -3.02. The van der Waals surface area contributed by atoms with Crippen molar-refractivity contribution in [3.05, 3.63) is 59.5 Å². The zero-order valence-corrected chi connectivity index (χ0v) is 15.1. The van der Waals surface area contributed by atoms with Crippen LogP contribution in [0.5, 0.6) is 11.5 Å². The first kappa shape index (κ1) is 16.4. The van der Waals surface area contributed by atoms with Gasteiger partial charge in [0.2, 0.25) is 0 Å². The van der Waals surface area contributed by atoms with Crippen LogP contribution in [0.1, 0.15) is 34.7 Å². The summed E-state index contributed by atoms with van der Waals surface area (Å²) in [5.41, 5.74) is 3.08. The Morgan fingerprint density at radius 1 is 1.19 bits per heavy atom. The number of imidazole rings is 1. The summed E-state index contributed by atoms with van der Waals surface area (Å²) < 4.78 is 13.1. The van der Waals surface area contributed by atoms with Crippen molar-refractivity contribution in [2.24, 2.45) is 0 Å². The molecule has 1 amide bonds. The van der Waals surface area contributed by atoms with Crippen LogP contribution in [-0.2, 0) is 0 Å². The lowest BCUT2D eigenvalue weighted by Gasteiger charge is -2.26. The van der Waals surface area contributed by atoms with Crippen LogP contribution in [-0.4, -0.2) is 40.5 Å². The molecule has 6 nitrogen and oxygen atoms in total. The monoisotopic (exact) mass is 351 g/mol. The number of ether oxygens (including phenoxy) is 2. The van der Waals surface area contributed by atoms with Gasteiger partial charge in [-0.25, -0.2) is 4.98 Å². The topological polar surface area (TPSA) is 56.1 Å². The minimum Gasteiger partial charge on any atom is -0.486 e. The van der Waals surface area contributed by atoms with Gasteiger partial charge in [-0.05, 0) is 43.7 Å². The standard InChI is InChI=1S/C20H21N3O3/c1-13(15-7-8-16-17(12-15)26-11-10-25-16)22(3)20(24)19-14(2)23-9-5-4-6-18(23)21-19/h4-9,12-13H,10-11H2,1-3H3. The molecule has 2 aromatic heterocycles. The predicted molar refractivity (Wildman–Crippen MR) is 97.9 cm³/mol. The Morgan fingerprint density at radius 3 is 2.73 bits per heavy atom. The number of pyridine rings is 1. The van der Waals surface area contributed by atoms with Crippen LogP contribution in [0.15, 0.2) is 42.6 Å². The smallest absolute Gasteiger partial charge is 0.274 e.